The molecule has 2 fully saturated rings. The van der Waals surface area contributed by atoms with Crippen LogP contribution >= 0.6 is 0 Å². The average Bonchev–Trinajstić information content (AvgIpc) is 2.23. The molecule has 2 nitrogen and oxygen atoms in total. The van der Waals surface area contributed by atoms with Gasteiger partial charge in [-0.2, -0.15) is 0 Å². The third kappa shape index (κ3) is 1.94. The monoisotopic (exact) mass is 211 g/mol. The van der Waals surface area contributed by atoms with Gasteiger partial charge in [-0.15, -0.1) is 0 Å². The quantitative estimate of drug-likeness (QED) is 0.661. The first-order chi connectivity index (χ1) is 7.17. The summed E-state index contributed by atoms with van der Waals surface area (Å²) in [6.07, 6.45) is 5.33. The lowest BCUT2D eigenvalue weighted by atomic mass is 9.74. The first-order valence-corrected chi connectivity index (χ1v) is 6.51. The van der Waals surface area contributed by atoms with Crippen molar-refractivity contribution < 1.29 is 4.74 Å². The fraction of sp³-hybridized carbons (Fsp3) is 1.00. The molecular formula is C13H25NO. The van der Waals surface area contributed by atoms with Crippen LogP contribution in [0.15, 0.2) is 0 Å². The van der Waals surface area contributed by atoms with Crippen LogP contribution < -0.4 is 0 Å². The Bertz CT molecular complexity index is 211. The van der Waals surface area contributed by atoms with Crippen molar-refractivity contribution in [1.82, 2.24) is 4.90 Å². The fourth-order valence-electron chi connectivity index (χ4n) is 3.46. The third-order valence-electron chi connectivity index (χ3n) is 4.42. The van der Waals surface area contributed by atoms with Crippen molar-refractivity contribution in [3.63, 3.8) is 0 Å². The second-order valence-electron chi connectivity index (χ2n) is 5.59. The first kappa shape index (κ1) is 11.4. The van der Waals surface area contributed by atoms with Crippen LogP contribution in [0.1, 0.15) is 46.5 Å². The van der Waals surface area contributed by atoms with Crippen LogP contribution in [-0.4, -0.2) is 36.2 Å². The molecule has 88 valence electrons. The molecule has 1 spiro atoms. The van der Waals surface area contributed by atoms with E-state index in [1.54, 1.807) is 0 Å². The van der Waals surface area contributed by atoms with Crippen molar-refractivity contribution >= 4 is 0 Å². The molecule has 2 aliphatic rings. The molecule has 0 saturated carbocycles. The van der Waals surface area contributed by atoms with Gasteiger partial charge >= 0.3 is 0 Å². The second-order valence-corrected chi connectivity index (χ2v) is 5.59. The molecule has 2 heteroatoms. The minimum absolute atomic E-state index is 0.366. The topological polar surface area (TPSA) is 12.5 Å². The SMILES string of the molecule is CC(C)N1CCCC[C@]12COCC[C@@H]2C. The van der Waals surface area contributed by atoms with E-state index in [2.05, 4.69) is 25.7 Å². The molecule has 0 unspecified atom stereocenters. The van der Waals surface area contributed by atoms with Gasteiger partial charge < -0.3 is 4.74 Å². The minimum Gasteiger partial charge on any atom is -0.380 e. The fourth-order valence-corrected chi connectivity index (χ4v) is 3.46. The van der Waals surface area contributed by atoms with Crippen molar-refractivity contribution in [3.8, 4) is 0 Å². The highest BCUT2D eigenvalue weighted by atomic mass is 16.5. The molecule has 2 heterocycles. The van der Waals surface area contributed by atoms with E-state index in [9.17, 15) is 0 Å². The lowest BCUT2D eigenvalue weighted by Gasteiger charge is -2.54. The van der Waals surface area contributed by atoms with Crippen LogP contribution in [-0.2, 0) is 4.74 Å². The zero-order valence-corrected chi connectivity index (χ0v) is 10.5. The predicted octanol–water partition coefficient (Wildman–Crippen LogP) is 2.68. The van der Waals surface area contributed by atoms with Gasteiger partial charge in [-0.25, -0.2) is 0 Å². The van der Waals surface area contributed by atoms with Gasteiger partial charge in [0.25, 0.3) is 0 Å². The number of piperidine rings is 1. The van der Waals surface area contributed by atoms with Gasteiger partial charge in [0.05, 0.1) is 6.61 Å². The first-order valence-electron chi connectivity index (χ1n) is 6.51. The normalized spacial score (nSPS) is 38.8. The van der Waals surface area contributed by atoms with E-state index in [0.29, 0.717) is 11.6 Å². The minimum atomic E-state index is 0.366. The third-order valence-corrected chi connectivity index (χ3v) is 4.42. The molecule has 0 aromatic rings. The molecular weight excluding hydrogens is 186 g/mol. The zero-order valence-electron chi connectivity index (χ0n) is 10.5. The number of nitrogens with zero attached hydrogens (tertiary/aromatic N) is 1. The van der Waals surface area contributed by atoms with Crippen LogP contribution in [0.25, 0.3) is 0 Å². The molecule has 0 radical (unpaired) electrons. The van der Waals surface area contributed by atoms with Gasteiger partial charge in [0.1, 0.15) is 0 Å². The smallest absolute Gasteiger partial charge is 0.0653 e. The Morgan fingerprint density at radius 1 is 1.33 bits per heavy atom. The van der Waals surface area contributed by atoms with Crippen LogP contribution in [0.4, 0.5) is 0 Å². The van der Waals surface area contributed by atoms with Gasteiger partial charge in [-0.3, -0.25) is 4.90 Å². The molecule has 0 bridgehead atoms. The van der Waals surface area contributed by atoms with Crippen LogP contribution in [0.3, 0.4) is 0 Å². The molecule has 2 aliphatic heterocycles. The Balaban J connectivity index is 2.19. The highest BCUT2D eigenvalue weighted by Crippen LogP contribution is 2.40. The van der Waals surface area contributed by atoms with Crippen molar-refractivity contribution in [1.29, 1.82) is 0 Å². The molecule has 15 heavy (non-hydrogen) atoms. The Hall–Kier alpha value is -0.0800. The molecule has 0 aromatic carbocycles. The van der Waals surface area contributed by atoms with Gasteiger partial charge in [0.15, 0.2) is 0 Å². The van der Waals surface area contributed by atoms with E-state index in [-0.39, 0.29) is 0 Å². The summed E-state index contributed by atoms with van der Waals surface area (Å²) < 4.78 is 5.77. The Labute approximate surface area is 94.0 Å². The summed E-state index contributed by atoms with van der Waals surface area (Å²) >= 11 is 0. The average molecular weight is 211 g/mol. The second kappa shape index (κ2) is 4.42. The molecule has 0 amide bonds. The van der Waals surface area contributed by atoms with Crippen LogP contribution in [0.2, 0.25) is 0 Å². The summed E-state index contributed by atoms with van der Waals surface area (Å²) in [6, 6.07) is 0.662. The van der Waals surface area contributed by atoms with E-state index in [0.717, 1.165) is 19.1 Å². The van der Waals surface area contributed by atoms with Crippen molar-refractivity contribution in [2.75, 3.05) is 19.8 Å². The maximum atomic E-state index is 5.77. The van der Waals surface area contributed by atoms with E-state index < -0.39 is 0 Å². The van der Waals surface area contributed by atoms with Gasteiger partial charge in [-0.05, 0) is 45.6 Å². The van der Waals surface area contributed by atoms with E-state index >= 15 is 0 Å². The largest absolute Gasteiger partial charge is 0.380 e. The van der Waals surface area contributed by atoms with E-state index in [4.69, 9.17) is 4.74 Å². The zero-order chi connectivity index (χ0) is 10.9. The highest BCUT2D eigenvalue weighted by molar-refractivity contribution is 5.00. The maximum Gasteiger partial charge on any atom is 0.0653 e. The Morgan fingerprint density at radius 3 is 2.80 bits per heavy atom. The summed E-state index contributed by atoms with van der Waals surface area (Å²) in [5.41, 5.74) is 0.366. The van der Waals surface area contributed by atoms with Gasteiger partial charge in [-0.1, -0.05) is 13.3 Å². The summed E-state index contributed by atoms with van der Waals surface area (Å²) in [5, 5.41) is 0. The van der Waals surface area contributed by atoms with Crippen molar-refractivity contribution in [3.05, 3.63) is 0 Å². The van der Waals surface area contributed by atoms with E-state index in [1.807, 2.05) is 0 Å². The lowest BCUT2D eigenvalue weighted by Crippen LogP contribution is -2.62. The lowest BCUT2D eigenvalue weighted by molar-refractivity contribution is -0.112. The number of likely N-dealkylation sites (tertiary alicyclic amines) is 1. The molecule has 0 aromatic heterocycles. The van der Waals surface area contributed by atoms with E-state index in [1.165, 1.54) is 32.2 Å². The van der Waals surface area contributed by atoms with Gasteiger partial charge in [0, 0.05) is 18.2 Å². The predicted molar refractivity (Wildman–Crippen MR) is 63.0 cm³/mol. The summed E-state index contributed by atoms with van der Waals surface area (Å²) in [4.78, 5) is 2.71. The standard InChI is InChI=1S/C13H25NO/c1-11(2)14-8-5-4-7-13(14)10-15-9-6-12(13)3/h11-12H,4-10H2,1-3H3/t12-,13+/m0/s1. The Kier molecular flexibility index (Phi) is 3.36. The van der Waals surface area contributed by atoms with Crippen molar-refractivity contribution in [2.45, 2.75) is 58.0 Å². The number of hydrogen-bond donors (Lipinski definition) is 0. The van der Waals surface area contributed by atoms with Crippen LogP contribution in [0.5, 0.6) is 0 Å². The summed E-state index contributed by atoms with van der Waals surface area (Å²) in [5.74, 6) is 0.800. The molecule has 2 rings (SSSR count). The number of ether oxygens (including phenoxy) is 1. The highest BCUT2D eigenvalue weighted by Gasteiger charge is 2.45. The molecule has 2 atom stereocenters. The molecule has 0 aliphatic carbocycles. The molecule has 2 saturated heterocycles. The molecule has 0 N–H and O–H groups in total. The Morgan fingerprint density at radius 2 is 2.13 bits per heavy atom. The number of rotatable bonds is 1. The summed E-state index contributed by atoms with van der Waals surface area (Å²) in [7, 11) is 0. The maximum absolute atomic E-state index is 5.77. The summed E-state index contributed by atoms with van der Waals surface area (Å²) in [6.45, 7) is 10.3. The number of hydrogen-bond acceptors (Lipinski definition) is 2. The van der Waals surface area contributed by atoms with Gasteiger partial charge in [0.2, 0.25) is 0 Å². The van der Waals surface area contributed by atoms with Crippen molar-refractivity contribution in [2.24, 2.45) is 5.92 Å². The van der Waals surface area contributed by atoms with Crippen LogP contribution in [0, 0.1) is 5.92 Å².